The number of nitrogens with zero attached hydrogens (tertiary/aromatic N) is 3. The first kappa shape index (κ1) is 19.7. The molecule has 0 saturated heterocycles. The van der Waals surface area contributed by atoms with Crippen LogP contribution >= 0.6 is 22.9 Å². The van der Waals surface area contributed by atoms with E-state index in [1.54, 1.807) is 24.3 Å². The van der Waals surface area contributed by atoms with Crippen molar-refractivity contribution in [1.82, 2.24) is 4.57 Å². The minimum absolute atomic E-state index is 0.0593. The number of benzene rings is 2. The van der Waals surface area contributed by atoms with Gasteiger partial charge in [0.25, 0.3) is 11.6 Å². The number of hydrogen-bond acceptors (Lipinski definition) is 6. The number of fused-ring (bicyclic) bond motifs is 1. The Morgan fingerprint density at radius 3 is 2.61 bits per heavy atom. The lowest BCUT2D eigenvalue weighted by molar-refractivity contribution is -0.384. The molecule has 2 aromatic carbocycles. The van der Waals surface area contributed by atoms with Crippen molar-refractivity contribution >= 4 is 50.7 Å². The quantitative estimate of drug-likeness (QED) is 0.359. The second-order valence-electron chi connectivity index (χ2n) is 5.76. The van der Waals surface area contributed by atoms with E-state index in [-0.39, 0.29) is 23.5 Å². The van der Waals surface area contributed by atoms with Gasteiger partial charge >= 0.3 is 5.97 Å². The van der Waals surface area contributed by atoms with Crippen LogP contribution in [0.15, 0.2) is 47.5 Å². The molecule has 0 aliphatic heterocycles. The number of nitro groups is 1. The summed E-state index contributed by atoms with van der Waals surface area (Å²) in [7, 11) is 1.25. The Labute approximate surface area is 167 Å². The Morgan fingerprint density at radius 1 is 1.25 bits per heavy atom. The van der Waals surface area contributed by atoms with Gasteiger partial charge in [0.1, 0.15) is 6.54 Å². The monoisotopic (exact) mass is 419 g/mol. The molecule has 0 spiro atoms. The molecule has 3 aromatic rings. The van der Waals surface area contributed by atoms with Gasteiger partial charge in [-0.05, 0) is 23.8 Å². The fraction of sp³-hybridized carbons (Fsp3) is 0.167. The van der Waals surface area contributed by atoms with Crippen LogP contribution in [-0.4, -0.2) is 28.5 Å². The van der Waals surface area contributed by atoms with Crippen LogP contribution in [-0.2, 0) is 27.3 Å². The second-order valence-corrected chi connectivity index (χ2v) is 7.21. The van der Waals surface area contributed by atoms with Gasteiger partial charge in [0.15, 0.2) is 4.80 Å². The topological polar surface area (TPSA) is 104 Å². The van der Waals surface area contributed by atoms with E-state index in [4.69, 9.17) is 16.3 Å². The van der Waals surface area contributed by atoms with Gasteiger partial charge in [-0.2, -0.15) is 4.99 Å². The molecule has 0 fully saturated rings. The Morgan fingerprint density at radius 2 is 1.96 bits per heavy atom. The molecule has 0 unspecified atom stereocenters. The first-order valence-corrected chi connectivity index (χ1v) is 9.23. The SMILES string of the molecule is COC(=O)Cn1c(=NC(=O)Cc2ccc(Cl)cc2)sc2cc([N+](=O)[O-])ccc21. The van der Waals surface area contributed by atoms with Crippen molar-refractivity contribution in [3.63, 3.8) is 0 Å². The van der Waals surface area contributed by atoms with Gasteiger partial charge < -0.3 is 9.30 Å². The van der Waals surface area contributed by atoms with Crippen LogP contribution in [0.25, 0.3) is 10.2 Å². The molecule has 10 heteroatoms. The van der Waals surface area contributed by atoms with Crippen LogP contribution in [0.2, 0.25) is 5.02 Å². The number of hydrogen-bond donors (Lipinski definition) is 0. The minimum Gasteiger partial charge on any atom is -0.468 e. The number of esters is 1. The standard InChI is InChI=1S/C18H14ClN3O5S/c1-27-17(24)10-21-14-7-6-13(22(25)26)9-15(14)28-18(21)20-16(23)8-11-2-4-12(19)5-3-11/h2-7,9H,8,10H2,1H3. The van der Waals surface area contributed by atoms with Crippen molar-refractivity contribution in [3.8, 4) is 0 Å². The van der Waals surface area contributed by atoms with Crippen molar-refractivity contribution in [2.75, 3.05) is 7.11 Å². The van der Waals surface area contributed by atoms with E-state index < -0.39 is 16.8 Å². The molecular formula is C18H14ClN3O5S. The van der Waals surface area contributed by atoms with E-state index in [1.165, 1.54) is 29.9 Å². The normalized spacial score (nSPS) is 11.6. The maximum Gasteiger partial charge on any atom is 0.325 e. The lowest BCUT2D eigenvalue weighted by atomic mass is 10.1. The highest BCUT2D eigenvalue weighted by Crippen LogP contribution is 2.23. The van der Waals surface area contributed by atoms with Crippen LogP contribution in [0, 0.1) is 10.1 Å². The van der Waals surface area contributed by atoms with Gasteiger partial charge in [-0.15, -0.1) is 0 Å². The fourth-order valence-electron chi connectivity index (χ4n) is 2.53. The van der Waals surface area contributed by atoms with Gasteiger partial charge in [0, 0.05) is 17.2 Å². The molecular weight excluding hydrogens is 406 g/mol. The second kappa shape index (κ2) is 8.32. The van der Waals surface area contributed by atoms with Gasteiger partial charge in [0.05, 0.1) is 28.7 Å². The van der Waals surface area contributed by atoms with E-state index >= 15 is 0 Å². The fourth-order valence-corrected chi connectivity index (χ4v) is 3.74. The van der Waals surface area contributed by atoms with E-state index in [2.05, 4.69) is 4.99 Å². The van der Waals surface area contributed by atoms with Crippen LogP contribution in [0.4, 0.5) is 5.69 Å². The number of non-ortho nitro benzene ring substituents is 1. The van der Waals surface area contributed by atoms with E-state index in [0.29, 0.717) is 15.2 Å². The number of methoxy groups -OCH3 is 1. The van der Waals surface area contributed by atoms with Crippen LogP contribution < -0.4 is 4.80 Å². The first-order chi connectivity index (χ1) is 13.4. The molecule has 0 saturated carbocycles. The summed E-state index contributed by atoms with van der Waals surface area (Å²) < 4.78 is 6.75. The molecule has 3 rings (SSSR count). The number of aromatic nitrogens is 1. The third kappa shape index (κ3) is 4.44. The molecule has 0 N–H and O–H groups in total. The molecule has 0 aliphatic carbocycles. The zero-order valence-electron chi connectivity index (χ0n) is 14.6. The van der Waals surface area contributed by atoms with Crippen LogP contribution in [0.1, 0.15) is 5.56 Å². The molecule has 0 bridgehead atoms. The number of nitro benzene ring substituents is 1. The zero-order valence-corrected chi connectivity index (χ0v) is 16.2. The number of carbonyl (C=O) groups excluding carboxylic acids is 2. The van der Waals surface area contributed by atoms with Crippen molar-refractivity contribution in [2.24, 2.45) is 4.99 Å². The summed E-state index contributed by atoms with van der Waals surface area (Å²) >= 11 is 6.93. The third-order valence-corrected chi connectivity index (χ3v) is 5.17. The summed E-state index contributed by atoms with van der Waals surface area (Å²) in [6.45, 7) is -0.165. The molecule has 8 nitrogen and oxygen atoms in total. The summed E-state index contributed by atoms with van der Waals surface area (Å²) in [5, 5.41) is 11.6. The van der Waals surface area contributed by atoms with Gasteiger partial charge in [0.2, 0.25) is 0 Å². The molecule has 1 amide bonds. The molecule has 0 radical (unpaired) electrons. The average Bonchev–Trinajstić information content (AvgIpc) is 2.99. The van der Waals surface area contributed by atoms with Gasteiger partial charge in [-0.3, -0.25) is 19.7 Å². The van der Waals surface area contributed by atoms with Gasteiger partial charge in [-0.25, -0.2) is 0 Å². The molecule has 1 heterocycles. The third-order valence-electron chi connectivity index (χ3n) is 3.88. The Balaban J connectivity index is 2.03. The summed E-state index contributed by atoms with van der Waals surface area (Å²) in [6.07, 6.45) is 0.0593. The highest BCUT2D eigenvalue weighted by molar-refractivity contribution is 7.16. The maximum atomic E-state index is 12.4. The number of rotatable bonds is 5. The first-order valence-electron chi connectivity index (χ1n) is 8.04. The highest BCUT2D eigenvalue weighted by Gasteiger charge is 2.15. The lowest BCUT2D eigenvalue weighted by Crippen LogP contribution is -2.22. The van der Waals surface area contributed by atoms with Crippen molar-refractivity contribution in [3.05, 3.63) is 68.0 Å². The smallest absolute Gasteiger partial charge is 0.325 e. The zero-order chi connectivity index (χ0) is 20.3. The van der Waals surface area contributed by atoms with Crippen molar-refractivity contribution < 1.29 is 19.2 Å². The lowest BCUT2D eigenvalue weighted by Gasteiger charge is -2.03. The number of amides is 1. The number of halogens is 1. The van der Waals surface area contributed by atoms with Crippen LogP contribution in [0.5, 0.6) is 0 Å². The summed E-state index contributed by atoms with van der Waals surface area (Å²) in [5.41, 5.74) is 1.21. The summed E-state index contributed by atoms with van der Waals surface area (Å²) in [5.74, 6) is -0.938. The minimum atomic E-state index is -0.523. The maximum absolute atomic E-state index is 12.4. The van der Waals surface area contributed by atoms with Gasteiger partial charge in [-0.1, -0.05) is 35.1 Å². The van der Waals surface area contributed by atoms with Crippen LogP contribution in [0.3, 0.4) is 0 Å². The number of thiazole rings is 1. The number of carbonyl (C=O) groups is 2. The average molecular weight is 420 g/mol. The van der Waals surface area contributed by atoms with Crippen molar-refractivity contribution in [2.45, 2.75) is 13.0 Å². The predicted molar refractivity (Wildman–Crippen MR) is 104 cm³/mol. The molecule has 28 heavy (non-hydrogen) atoms. The molecule has 1 aromatic heterocycles. The summed E-state index contributed by atoms with van der Waals surface area (Å²) in [4.78, 5) is 39.0. The Kier molecular flexibility index (Phi) is 5.86. The van der Waals surface area contributed by atoms with E-state index in [9.17, 15) is 19.7 Å². The Hall–Kier alpha value is -3.04. The number of ether oxygens (including phenoxy) is 1. The summed E-state index contributed by atoms with van der Waals surface area (Å²) in [6, 6.07) is 11.1. The van der Waals surface area contributed by atoms with E-state index in [1.807, 2.05) is 0 Å². The molecule has 0 aliphatic rings. The molecule has 144 valence electrons. The highest BCUT2D eigenvalue weighted by atomic mass is 35.5. The predicted octanol–water partition coefficient (Wildman–Crippen LogP) is 3.11. The van der Waals surface area contributed by atoms with Crippen molar-refractivity contribution in [1.29, 1.82) is 0 Å². The largest absolute Gasteiger partial charge is 0.468 e. The Bertz CT molecular complexity index is 1130. The molecule has 0 atom stereocenters. The van der Waals surface area contributed by atoms with E-state index in [0.717, 1.165) is 16.9 Å².